The summed E-state index contributed by atoms with van der Waals surface area (Å²) < 4.78 is 33.9. The van der Waals surface area contributed by atoms with Gasteiger partial charge in [-0.15, -0.1) is 0 Å². The van der Waals surface area contributed by atoms with Gasteiger partial charge in [0.15, 0.2) is 0 Å². The highest BCUT2D eigenvalue weighted by Crippen LogP contribution is 2.35. The maximum atomic E-state index is 12.8. The van der Waals surface area contributed by atoms with Crippen molar-refractivity contribution in [2.75, 3.05) is 26.2 Å². The Labute approximate surface area is 158 Å². The summed E-state index contributed by atoms with van der Waals surface area (Å²) in [5, 5.41) is 0. The Hall–Kier alpha value is -1.11. The van der Waals surface area contributed by atoms with E-state index in [1.54, 1.807) is 24.3 Å². The fraction of sp³-hybridized carbons (Fsp3) is 0.700. The molecule has 1 aromatic carbocycles. The molecule has 2 fully saturated rings. The Balaban J connectivity index is 1.70. The molecule has 5 nitrogen and oxygen atoms in total. The van der Waals surface area contributed by atoms with E-state index < -0.39 is 10.0 Å². The highest BCUT2D eigenvalue weighted by Gasteiger charge is 2.39. The number of piperidine rings is 1. The molecule has 1 saturated carbocycles. The average Bonchev–Trinajstić information content (AvgIpc) is 2.69. The predicted molar refractivity (Wildman–Crippen MR) is 104 cm³/mol. The molecular formula is C20H32N2O3S. The molecule has 0 atom stereocenters. The minimum Gasteiger partial charge on any atom is -0.494 e. The first-order chi connectivity index (χ1) is 12.6. The molecule has 146 valence electrons. The molecule has 1 heterocycles. The van der Waals surface area contributed by atoms with E-state index in [1.807, 2.05) is 6.92 Å². The number of ether oxygens (including phenoxy) is 1. The number of nitrogens with zero attached hydrogens (tertiary/aromatic N) is 1. The number of sulfonamides is 1. The van der Waals surface area contributed by atoms with Crippen LogP contribution in [0.15, 0.2) is 29.2 Å². The molecule has 1 N–H and O–H groups in total. The van der Waals surface area contributed by atoms with E-state index in [2.05, 4.69) is 9.62 Å². The van der Waals surface area contributed by atoms with Gasteiger partial charge in [0.25, 0.3) is 0 Å². The van der Waals surface area contributed by atoms with Gasteiger partial charge in [-0.1, -0.05) is 25.7 Å². The van der Waals surface area contributed by atoms with Gasteiger partial charge in [-0.2, -0.15) is 0 Å². The van der Waals surface area contributed by atoms with Crippen LogP contribution in [-0.2, 0) is 10.0 Å². The van der Waals surface area contributed by atoms with Crippen LogP contribution in [-0.4, -0.2) is 45.1 Å². The van der Waals surface area contributed by atoms with E-state index in [1.165, 1.54) is 38.5 Å². The summed E-state index contributed by atoms with van der Waals surface area (Å²) in [4.78, 5) is 2.88. The van der Waals surface area contributed by atoms with E-state index in [0.717, 1.165) is 25.9 Å². The third kappa shape index (κ3) is 4.59. The summed E-state index contributed by atoms with van der Waals surface area (Å²) in [6.45, 7) is 5.21. The zero-order valence-corrected chi connectivity index (χ0v) is 16.7. The van der Waals surface area contributed by atoms with Crippen molar-refractivity contribution in [3.8, 4) is 5.75 Å². The normalized spacial score (nSPS) is 21.4. The molecule has 0 radical (unpaired) electrons. The Bertz CT molecular complexity index is 661. The highest BCUT2D eigenvalue weighted by atomic mass is 32.2. The number of rotatable bonds is 7. The first kappa shape index (κ1) is 19.6. The van der Waals surface area contributed by atoms with Crippen LogP contribution in [0.2, 0.25) is 0 Å². The zero-order valence-electron chi connectivity index (χ0n) is 15.9. The Kier molecular flexibility index (Phi) is 6.59. The van der Waals surface area contributed by atoms with Gasteiger partial charge in [-0.25, -0.2) is 13.1 Å². The van der Waals surface area contributed by atoms with Crippen LogP contribution in [0, 0.1) is 0 Å². The average molecular weight is 381 g/mol. The third-order valence-corrected chi connectivity index (χ3v) is 7.26. The van der Waals surface area contributed by atoms with Gasteiger partial charge >= 0.3 is 0 Å². The van der Waals surface area contributed by atoms with Gasteiger partial charge in [-0.05, 0) is 70.0 Å². The molecule has 1 aromatic rings. The number of benzene rings is 1. The topological polar surface area (TPSA) is 58.6 Å². The van der Waals surface area contributed by atoms with Crippen LogP contribution < -0.4 is 9.46 Å². The minimum atomic E-state index is -3.50. The molecule has 6 heteroatoms. The van der Waals surface area contributed by atoms with Crippen molar-refractivity contribution >= 4 is 10.0 Å². The quantitative estimate of drug-likeness (QED) is 0.786. The van der Waals surface area contributed by atoms with Crippen LogP contribution in [0.4, 0.5) is 0 Å². The van der Waals surface area contributed by atoms with Crippen molar-refractivity contribution < 1.29 is 13.2 Å². The van der Waals surface area contributed by atoms with E-state index in [4.69, 9.17) is 4.74 Å². The molecular weight excluding hydrogens is 348 g/mol. The van der Waals surface area contributed by atoms with Crippen molar-refractivity contribution in [1.82, 2.24) is 9.62 Å². The standard InChI is InChI=1S/C20H32N2O3S/c1-2-25-18-9-11-19(12-10-18)26(23,24)21-17-20(13-5-3-6-14-20)22-15-7-4-8-16-22/h9-12,21H,2-8,13-17H2,1H3. The summed E-state index contributed by atoms with van der Waals surface area (Å²) in [6, 6.07) is 6.70. The second-order valence-electron chi connectivity index (χ2n) is 7.56. The van der Waals surface area contributed by atoms with Crippen molar-refractivity contribution in [3.63, 3.8) is 0 Å². The summed E-state index contributed by atoms with van der Waals surface area (Å²) in [7, 11) is -3.50. The first-order valence-corrected chi connectivity index (χ1v) is 11.5. The molecule has 0 amide bonds. The number of hydrogen-bond donors (Lipinski definition) is 1. The van der Waals surface area contributed by atoms with Gasteiger partial charge in [0.2, 0.25) is 10.0 Å². The maximum absolute atomic E-state index is 12.8. The van der Waals surface area contributed by atoms with Gasteiger partial charge in [0.1, 0.15) is 5.75 Å². The fourth-order valence-electron chi connectivity index (χ4n) is 4.38. The molecule has 1 aliphatic heterocycles. The van der Waals surface area contributed by atoms with Crippen LogP contribution in [0.1, 0.15) is 58.3 Å². The summed E-state index contributed by atoms with van der Waals surface area (Å²) in [5.74, 6) is 0.698. The smallest absolute Gasteiger partial charge is 0.240 e. The second kappa shape index (κ2) is 8.72. The van der Waals surface area contributed by atoms with Crippen molar-refractivity contribution in [2.45, 2.75) is 68.7 Å². The highest BCUT2D eigenvalue weighted by molar-refractivity contribution is 7.89. The molecule has 2 aliphatic rings. The Morgan fingerprint density at radius 3 is 2.23 bits per heavy atom. The molecule has 0 aromatic heterocycles. The second-order valence-corrected chi connectivity index (χ2v) is 9.33. The van der Waals surface area contributed by atoms with Crippen LogP contribution >= 0.6 is 0 Å². The lowest BCUT2D eigenvalue weighted by atomic mass is 9.79. The molecule has 1 saturated heterocycles. The van der Waals surface area contributed by atoms with Crippen molar-refractivity contribution in [2.24, 2.45) is 0 Å². The minimum absolute atomic E-state index is 0.00297. The molecule has 3 rings (SSSR count). The Morgan fingerprint density at radius 2 is 1.62 bits per heavy atom. The van der Waals surface area contributed by atoms with E-state index >= 15 is 0 Å². The number of hydrogen-bond acceptors (Lipinski definition) is 4. The molecule has 1 aliphatic carbocycles. The van der Waals surface area contributed by atoms with Gasteiger partial charge in [0.05, 0.1) is 11.5 Å². The predicted octanol–water partition coefficient (Wildman–Crippen LogP) is 3.55. The Morgan fingerprint density at radius 1 is 1.00 bits per heavy atom. The van der Waals surface area contributed by atoms with E-state index in [9.17, 15) is 8.42 Å². The monoisotopic (exact) mass is 380 g/mol. The third-order valence-electron chi connectivity index (χ3n) is 5.85. The number of nitrogens with one attached hydrogen (secondary N) is 1. The van der Waals surface area contributed by atoms with Crippen LogP contribution in [0.5, 0.6) is 5.75 Å². The SMILES string of the molecule is CCOc1ccc(S(=O)(=O)NCC2(N3CCCCC3)CCCCC2)cc1. The largest absolute Gasteiger partial charge is 0.494 e. The summed E-state index contributed by atoms with van der Waals surface area (Å²) in [5.41, 5.74) is -0.00297. The molecule has 0 bridgehead atoms. The maximum Gasteiger partial charge on any atom is 0.240 e. The molecule has 0 unspecified atom stereocenters. The van der Waals surface area contributed by atoms with E-state index in [0.29, 0.717) is 23.8 Å². The van der Waals surface area contributed by atoms with Crippen LogP contribution in [0.3, 0.4) is 0 Å². The fourth-order valence-corrected chi connectivity index (χ4v) is 5.50. The van der Waals surface area contributed by atoms with E-state index in [-0.39, 0.29) is 5.54 Å². The zero-order chi connectivity index (χ0) is 18.5. The first-order valence-electron chi connectivity index (χ1n) is 10.0. The lowest BCUT2D eigenvalue weighted by molar-refractivity contribution is 0.0376. The molecule has 0 spiro atoms. The van der Waals surface area contributed by atoms with Crippen molar-refractivity contribution in [3.05, 3.63) is 24.3 Å². The number of likely N-dealkylation sites (tertiary alicyclic amines) is 1. The summed E-state index contributed by atoms with van der Waals surface area (Å²) >= 11 is 0. The van der Waals surface area contributed by atoms with Crippen LogP contribution in [0.25, 0.3) is 0 Å². The lowest BCUT2D eigenvalue weighted by Crippen LogP contribution is -2.58. The van der Waals surface area contributed by atoms with Gasteiger partial charge in [0, 0.05) is 12.1 Å². The van der Waals surface area contributed by atoms with Gasteiger partial charge < -0.3 is 4.74 Å². The summed E-state index contributed by atoms with van der Waals surface area (Å²) in [6.07, 6.45) is 9.60. The molecule has 26 heavy (non-hydrogen) atoms. The van der Waals surface area contributed by atoms with Crippen molar-refractivity contribution in [1.29, 1.82) is 0 Å². The van der Waals surface area contributed by atoms with Gasteiger partial charge in [-0.3, -0.25) is 4.90 Å². The lowest BCUT2D eigenvalue weighted by Gasteiger charge is -2.48.